The van der Waals surface area contributed by atoms with Crippen LogP contribution in [0.5, 0.6) is 0 Å². The number of aromatic nitrogens is 5. The summed E-state index contributed by atoms with van der Waals surface area (Å²) < 4.78 is 28.2. The summed E-state index contributed by atoms with van der Waals surface area (Å²) in [7, 11) is 0. The van der Waals surface area contributed by atoms with Crippen molar-refractivity contribution < 1.29 is 13.7 Å². The largest absolute Gasteiger partial charge is 0.356 e. The molecule has 0 atom stereocenters. The molecule has 0 amide bonds. The summed E-state index contributed by atoms with van der Waals surface area (Å²) >= 11 is 0. The first-order chi connectivity index (χ1) is 13.0. The van der Waals surface area contributed by atoms with Crippen molar-refractivity contribution in [1.82, 2.24) is 25.0 Å². The Balaban J connectivity index is 1.87. The van der Waals surface area contributed by atoms with Gasteiger partial charge in [0.2, 0.25) is 11.6 Å². The van der Waals surface area contributed by atoms with Gasteiger partial charge in [-0.1, -0.05) is 17.3 Å². The lowest BCUT2D eigenvalue weighted by atomic mass is 10.3. The van der Waals surface area contributed by atoms with E-state index >= 15 is 0 Å². The van der Waals surface area contributed by atoms with E-state index in [4.69, 9.17) is 0 Å². The molecule has 2 aromatic carbocycles. The van der Waals surface area contributed by atoms with Crippen LogP contribution in [0, 0.1) is 21.7 Å². The molecule has 0 aliphatic rings. The third-order valence-corrected chi connectivity index (χ3v) is 3.72. The summed E-state index contributed by atoms with van der Waals surface area (Å²) in [6, 6.07) is 9.63. The Morgan fingerprint density at radius 1 is 1.11 bits per heavy atom. The molecule has 4 rings (SSSR count). The van der Waals surface area contributed by atoms with Gasteiger partial charge < -0.3 is 5.32 Å². The van der Waals surface area contributed by atoms with E-state index in [1.54, 1.807) is 24.3 Å². The number of nitrogens with one attached hydrogen (secondary N) is 1. The lowest BCUT2D eigenvalue weighted by Gasteiger charge is -2.09. The Bertz CT molecular complexity index is 1180. The van der Waals surface area contributed by atoms with Crippen LogP contribution < -0.4 is 5.32 Å². The summed E-state index contributed by atoms with van der Waals surface area (Å²) in [5, 5.41) is 22.0. The molecular weight excluding hydrogens is 360 g/mol. The average Bonchev–Trinajstić information content (AvgIpc) is 3.07. The van der Waals surface area contributed by atoms with Gasteiger partial charge in [0.1, 0.15) is 23.5 Å². The summed E-state index contributed by atoms with van der Waals surface area (Å²) in [4.78, 5) is 18.7. The highest BCUT2D eigenvalue weighted by atomic mass is 19.1. The van der Waals surface area contributed by atoms with Crippen LogP contribution in [0.15, 0.2) is 48.8 Å². The van der Waals surface area contributed by atoms with Gasteiger partial charge in [0.25, 0.3) is 0 Å². The molecular formula is C16H9F2N7O2. The molecule has 2 aromatic heterocycles. The van der Waals surface area contributed by atoms with E-state index < -0.39 is 22.2 Å². The fraction of sp³-hybridized carbons (Fsp3) is 0. The minimum absolute atomic E-state index is 0.145. The summed E-state index contributed by atoms with van der Waals surface area (Å²) in [5.41, 5.74) is 0.312. The number of nitro groups is 1. The lowest BCUT2D eigenvalue weighted by Crippen LogP contribution is -2.09. The van der Waals surface area contributed by atoms with Crippen LogP contribution in [-0.4, -0.2) is 29.9 Å². The maximum atomic E-state index is 13.9. The molecule has 0 unspecified atom stereocenters. The maximum Gasteiger partial charge on any atom is 0.356 e. The summed E-state index contributed by atoms with van der Waals surface area (Å²) in [5.74, 6) is -2.11. The van der Waals surface area contributed by atoms with Gasteiger partial charge in [-0.2, -0.15) is 4.68 Å². The Labute approximate surface area is 149 Å². The number of nitrogens with zero attached hydrogens (tertiary/aromatic N) is 6. The molecule has 0 aliphatic carbocycles. The number of fused-ring (bicyclic) bond motifs is 1. The first kappa shape index (κ1) is 16.4. The van der Waals surface area contributed by atoms with Crippen LogP contribution in [0.4, 0.5) is 26.0 Å². The van der Waals surface area contributed by atoms with E-state index in [0.29, 0.717) is 17.1 Å². The molecule has 0 bridgehead atoms. The second-order valence-corrected chi connectivity index (χ2v) is 5.39. The zero-order valence-corrected chi connectivity index (χ0v) is 13.4. The van der Waals surface area contributed by atoms with Gasteiger partial charge in [0, 0.05) is 6.07 Å². The third-order valence-electron chi connectivity index (χ3n) is 3.72. The van der Waals surface area contributed by atoms with Gasteiger partial charge >= 0.3 is 5.69 Å². The Morgan fingerprint density at radius 2 is 1.93 bits per heavy atom. The van der Waals surface area contributed by atoms with Crippen LogP contribution in [0.1, 0.15) is 0 Å². The van der Waals surface area contributed by atoms with Crippen LogP contribution in [0.3, 0.4) is 0 Å². The molecule has 4 aromatic rings. The van der Waals surface area contributed by atoms with Gasteiger partial charge in [-0.05, 0) is 24.3 Å². The molecule has 0 radical (unpaired) electrons. The zero-order chi connectivity index (χ0) is 19.0. The predicted octanol–water partition coefficient (Wildman–Crippen LogP) is 3.14. The standard InChI is InChI=1S/C16H9F2N7O2/c17-9-5-6-11(10(18)7-9)21-15-14(25(26)27)16(20-8-19-15)24-13-4-2-1-3-12(13)22-23-24/h1-8H,(H,19,20,21). The minimum Gasteiger partial charge on any atom is -0.332 e. The van der Waals surface area contributed by atoms with E-state index in [2.05, 4.69) is 25.6 Å². The van der Waals surface area contributed by atoms with Crippen molar-refractivity contribution >= 4 is 28.2 Å². The Hall–Kier alpha value is -4.02. The van der Waals surface area contributed by atoms with Crippen molar-refractivity contribution in [2.45, 2.75) is 0 Å². The van der Waals surface area contributed by atoms with E-state index in [0.717, 1.165) is 18.5 Å². The first-order valence-electron chi connectivity index (χ1n) is 7.57. The monoisotopic (exact) mass is 369 g/mol. The molecule has 0 saturated heterocycles. The molecule has 9 nitrogen and oxygen atoms in total. The predicted molar refractivity (Wildman–Crippen MR) is 90.8 cm³/mol. The van der Waals surface area contributed by atoms with Crippen molar-refractivity contribution in [1.29, 1.82) is 0 Å². The van der Waals surface area contributed by atoms with Crippen LogP contribution in [0.25, 0.3) is 16.9 Å². The third kappa shape index (κ3) is 2.90. The number of rotatable bonds is 4. The maximum absolute atomic E-state index is 13.9. The Morgan fingerprint density at radius 3 is 2.70 bits per heavy atom. The van der Waals surface area contributed by atoms with E-state index in [1.165, 1.54) is 4.68 Å². The fourth-order valence-corrected chi connectivity index (χ4v) is 2.53. The SMILES string of the molecule is O=[N+]([O-])c1c(Nc2ccc(F)cc2F)ncnc1-n1nnc2ccccc21. The normalized spacial score (nSPS) is 10.9. The van der Waals surface area contributed by atoms with Gasteiger partial charge in [-0.3, -0.25) is 10.1 Å². The number of para-hydroxylation sites is 1. The highest BCUT2D eigenvalue weighted by Gasteiger charge is 2.27. The van der Waals surface area contributed by atoms with Gasteiger partial charge in [0.05, 0.1) is 16.1 Å². The van der Waals surface area contributed by atoms with Crippen molar-refractivity contribution in [2.24, 2.45) is 0 Å². The van der Waals surface area contributed by atoms with Crippen LogP contribution >= 0.6 is 0 Å². The first-order valence-corrected chi connectivity index (χ1v) is 7.57. The smallest absolute Gasteiger partial charge is 0.332 e. The number of hydrogen-bond acceptors (Lipinski definition) is 7. The zero-order valence-electron chi connectivity index (χ0n) is 13.4. The minimum atomic E-state index is -0.921. The van der Waals surface area contributed by atoms with Gasteiger partial charge in [-0.15, -0.1) is 5.10 Å². The quantitative estimate of drug-likeness (QED) is 0.434. The van der Waals surface area contributed by atoms with E-state index in [-0.39, 0.29) is 17.3 Å². The second kappa shape index (κ2) is 6.37. The van der Waals surface area contributed by atoms with E-state index in [9.17, 15) is 18.9 Å². The van der Waals surface area contributed by atoms with Gasteiger partial charge in [-0.25, -0.2) is 18.7 Å². The summed E-state index contributed by atoms with van der Waals surface area (Å²) in [6.07, 6.45) is 1.07. The molecule has 1 N–H and O–H groups in total. The molecule has 0 spiro atoms. The second-order valence-electron chi connectivity index (χ2n) is 5.39. The van der Waals surface area contributed by atoms with Crippen LogP contribution in [0.2, 0.25) is 0 Å². The van der Waals surface area contributed by atoms with Crippen molar-refractivity contribution in [3.05, 3.63) is 70.5 Å². The number of benzene rings is 2. The van der Waals surface area contributed by atoms with Gasteiger partial charge in [0.15, 0.2) is 0 Å². The molecule has 11 heteroatoms. The topological polar surface area (TPSA) is 112 Å². The highest BCUT2D eigenvalue weighted by molar-refractivity contribution is 5.78. The Kier molecular flexibility index (Phi) is 3.88. The molecule has 2 heterocycles. The summed E-state index contributed by atoms with van der Waals surface area (Å²) in [6.45, 7) is 0. The average molecular weight is 369 g/mol. The lowest BCUT2D eigenvalue weighted by molar-refractivity contribution is -0.384. The number of hydrogen-bond donors (Lipinski definition) is 1. The van der Waals surface area contributed by atoms with Crippen molar-refractivity contribution in [3.63, 3.8) is 0 Å². The molecule has 0 aliphatic heterocycles. The molecule has 0 saturated carbocycles. The van der Waals surface area contributed by atoms with Crippen molar-refractivity contribution in [2.75, 3.05) is 5.32 Å². The molecule has 134 valence electrons. The fourth-order valence-electron chi connectivity index (χ4n) is 2.53. The van der Waals surface area contributed by atoms with E-state index in [1.807, 2.05) is 0 Å². The van der Waals surface area contributed by atoms with Crippen molar-refractivity contribution in [3.8, 4) is 5.82 Å². The van der Waals surface area contributed by atoms with Crippen LogP contribution in [-0.2, 0) is 0 Å². The number of anilines is 2. The molecule has 0 fully saturated rings. The molecule has 27 heavy (non-hydrogen) atoms. The highest BCUT2D eigenvalue weighted by Crippen LogP contribution is 2.31. The number of halogens is 2.